The molecule has 98 valence electrons. The monoisotopic (exact) mass is 235 g/mol. The molecular formula is C11H25NO4. The summed E-state index contributed by atoms with van der Waals surface area (Å²) in [6.45, 7) is 4.27. The maximum Gasteiger partial charge on any atom is 0.0897 e. The van der Waals surface area contributed by atoms with Gasteiger partial charge in [-0.2, -0.15) is 0 Å². The van der Waals surface area contributed by atoms with Gasteiger partial charge in [-0.05, 0) is 6.42 Å². The molecule has 5 nitrogen and oxygen atoms in total. The normalized spacial score (nSPS) is 15.0. The van der Waals surface area contributed by atoms with Gasteiger partial charge in [-0.1, -0.05) is 13.3 Å². The molecule has 0 saturated carbocycles. The number of hydrogen-bond acceptors (Lipinski definition) is 5. The zero-order valence-corrected chi connectivity index (χ0v) is 10.3. The Balaban J connectivity index is 3.26. The fourth-order valence-electron chi connectivity index (χ4n) is 1.19. The minimum Gasteiger partial charge on any atom is -0.389 e. The number of rotatable bonds is 11. The SMILES string of the molecule is CCCCOCC(O)CNCC(O)COC. The van der Waals surface area contributed by atoms with E-state index in [-0.39, 0.29) is 0 Å². The van der Waals surface area contributed by atoms with E-state index in [0.29, 0.717) is 32.9 Å². The van der Waals surface area contributed by atoms with Gasteiger partial charge in [-0.15, -0.1) is 0 Å². The zero-order valence-electron chi connectivity index (χ0n) is 10.3. The molecule has 0 aromatic carbocycles. The van der Waals surface area contributed by atoms with Crippen LogP contribution >= 0.6 is 0 Å². The van der Waals surface area contributed by atoms with Crippen molar-refractivity contribution in [3.8, 4) is 0 Å². The average molecular weight is 235 g/mol. The molecule has 16 heavy (non-hydrogen) atoms. The summed E-state index contributed by atoms with van der Waals surface area (Å²) in [6.07, 6.45) is 1.06. The van der Waals surface area contributed by atoms with Crippen molar-refractivity contribution in [1.29, 1.82) is 0 Å². The van der Waals surface area contributed by atoms with Crippen LogP contribution in [0.4, 0.5) is 0 Å². The molecule has 0 rings (SSSR count). The van der Waals surface area contributed by atoms with Gasteiger partial charge in [-0.25, -0.2) is 0 Å². The molecule has 0 amide bonds. The summed E-state index contributed by atoms with van der Waals surface area (Å²) in [4.78, 5) is 0. The van der Waals surface area contributed by atoms with E-state index in [9.17, 15) is 10.2 Å². The van der Waals surface area contributed by atoms with Crippen molar-refractivity contribution in [3.05, 3.63) is 0 Å². The summed E-state index contributed by atoms with van der Waals surface area (Å²) in [5, 5.41) is 21.7. The average Bonchev–Trinajstić information content (AvgIpc) is 2.25. The number of ether oxygens (including phenoxy) is 2. The second kappa shape index (κ2) is 11.3. The quantitative estimate of drug-likeness (QED) is 0.431. The van der Waals surface area contributed by atoms with Crippen LogP contribution in [-0.2, 0) is 9.47 Å². The first-order chi connectivity index (χ1) is 7.70. The third-order valence-electron chi connectivity index (χ3n) is 2.07. The van der Waals surface area contributed by atoms with Crippen LogP contribution in [0.2, 0.25) is 0 Å². The maximum atomic E-state index is 9.49. The number of aliphatic hydroxyl groups is 2. The highest BCUT2D eigenvalue weighted by molar-refractivity contribution is 4.62. The topological polar surface area (TPSA) is 71.0 Å². The number of methoxy groups -OCH3 is 1. The largest absolute Gasteiger partial charge is 0.389 e. The van der Waals surface area contributed by atoms with Gasteiger partial charge in [0.05, 0.1) is 25.4 Å². The van der Waals surface area contributed by atoms with Crippen molar-refractivity contribution in [2.24, 2.45) is 0 Å². The first kappa shape index (κ1) is 15.8. The van der Waals surface area contributed by atoms with Crippen molar-refractivity contribution in [2.75, 3.05) is 40.0 Å². The first-order valence-electron chi connectivity index (χ1n) is 5.84. The van der Waals surface area contributed by atoms with Gasteiger partial charge in [0, 0.05) is 26.8 Å². The lowest BCUT2D eigenvalue weighted by Crippen LogP contribution is -2.36. The Hall–Kier alpha value is -0.200. The molecule has 5 heteroatoms. The Morgan fingerprint density at radius 3 is 2.31 bits per heavy atom. The van der Waals surface area contributed by atoms with Crippen molar-refractivity contribution >= 4 is 0 Å². The molecule has 3 N–H and O–H groups in total. The van der Waals surface area contributed by atoms with Crippen LogP contribution in [0.15, 0.2) is 0 Å². The highest BCUT2D eigenvalue weighted by atomic mass is 16.5. The van der Waals surface area contributed by atoms with Crippen LogP contribution in [0.5, 0.6) is 0 Å². The minimum absolute atomic E-state index is 0.302. The predicted octanol–water partition coefficient (Wildman–Crippen LogP) is -0.239. The van der Waals surface area contributed by atoms with Crippen LogP contribution in [0, 0.1) is 0 Å². The van der Waals surface area contributed by atoms with E-state index < -0.39 is 12.2 Å². The zero-order chi connectivity index (χ0) is 12.2. The molecule has 0 fully saturated rings. The summed E-state index contributed by atoms with van der Waals surface area (Å²) in [5.74, 6) is 0. The van der Waals surface area contributed by atoms with Gasteiger partial charge in [0.25, 0.3) is 0 Å². The van der Waals surface area contributed by atoms with E-state index in [4.69, 9.17) is 9.47 Å². The van der Waals surface area contributed by atoms with Crippen molar-refractivity contribution in [1.82, 2.24) is 5.32 Å². The molecule has 2 atom stereocenters. The van der Waals surface area contributed by atoms with Gasteiger partial charge in [0.2, 0.25) is 0 Å². The summed E-state index contributed by atoms with van der Waals surface area (Å²) < 4.78 is 10.0. The van der Waals surface area contributed by atoms with Crippen LogP contribution in [-0.4, -0.2) is 62.4 Å². The Kier molecular flexibility index (Phi) is 11.1. The number of hydrogen-bond donors (Lipinski definition) is 3. The smallest absolute Gasteiger partial charge is 0.0897 e. The highest BCUT2D eigenvalue weighted by Gasteiger charge is 2.06. The van der Waals surface area contributed by atoms with Gasteiger partial charge in [-0.3, -0.25) is 0 Å². The lowest BCUT2D eigenvalue weighted by Gasteiger charge is -2.14. The Morgan fingerprint density at radius 1 is 1.12 bits per heavy atom. The lowest BCUT2D eigenvalue weighted by atomic mass is 10.3. The van der Waals surface area contributed by atoms with Crippen LogP contribution in [0.25, 0.3) is 0 Å². The predicted molar refractivity (Wildman–Crippen MR) is 62.5 cm³/mol. The molecule has 0 heterocycles. The number of unbranched alkanes of at least 4 members (excludes halogenated alkanes) is 1. The fourth-order valence-corrected chi connectivity index (χ4v) is 1.19. The summed E-state index contributed by atoms with van der Waals surface area (Å²) in [6, 6.07) is 0. The minimum atomic E-state index is -0.529. The van der Waals surface area contributed by atoms with Crippen LogP contribution < -0.4 is 5.32 Å². The van der Waals surface area contributed by atoms with Crippen molar-refractivity contribution < 1.29 is 19.7 Å². The third kappa shape index (κ3) is 10.3. The van der Waals surface area contributed by atoms with Crippen LogP contribution in [0.1, 0.15) is 19.8 Å². The molecule has 0 saturated heterocycles. The van der Waals surface area contributed by atoms with Crippen molar-refractivity contribution in [2.45, 2.75) is 32.0 Å². The van der Waals surface area contributed by atoms with E-state index in [1.54, 1.807) is 7.11 Å². The molecule has 0 aliphatic rings. The van der Waals surface area contributed by atoms with Gasteiger partial charge >= 0.3 is 0 Å². The summed E-state index contributed by atoms with van der Waals surface area (Å²) in [7, 11) is 1.54. The van der Waals surface area contributed by atoms with Gasteiger partial charge in [0.1, 0.15) is 0 Å². The molecular weight excluding hydrogens is 210 g/mol. The Morgan fingerprint density at radius 2 is 1.75 bits per heavy atom. The second-order valence-electron chi connectivity index (χ2n) is 3.85. The molecule has 0 spiro atoms. The molecule has 0 bridgehead atoms. The molecule has 2 unspecified atom stereocenters. The number of aliphatic hydroxyl groups excluding tert-OH is 2. The molecule has 0 aliphatic carbocycles. The van der Waals surface area contributed by atoms with E-state index in [0.717, 1.165) is 12.8 Å². The molecule has 0 aromatic rings. The number of nitrogens with one attached hydrogen (secondary N) is 1. The second-order valence-corrected chi connectivity index (χ2v) is 3.85. The summed E-state index contributed by atoms with van der Waals surface area (Å²) >= 11 is 0. The van der Waals surface area contributed by atoms with E-state index in [1.165, 1.54) is 0 Å². The van der Waals surface area contributed by atoms with Gasteiger partial charge in [0.15, 0.2) is 0 Å². The molecule has 0 aromatic heterocycles. The highest BCUT2D eigenvalue weighted by Crippen LogP contribution is 1.90. The molecule has 0 aliphatic heterocycles. The van der Waals surface area contributed by atoms with Crippen LogP contribution in [0.3, 0.4) is 0 Å². The third-order valence-corrected chi connectivity index (χ3v) is 2.07. The van der Waals surface area contributed by atoms with E-state index >= 15 is 0 Å². The van der Waals surface area contributed by atoms with Crippen molar-refractivity contribution in [3.63, 3.8) is 0 Å². The fraction of sp³-hybridized carbons (Fsp3) is 1.00. The maximum absolute atomic E-state index is 9.49. The van der Waals surface area contributed by atoms with E-state index in [1.807, 2.05) is 0 Å². The summed E-state index contributed by atoms with van der Waals surface area (Å²) in [5.41, 5.74) is 0. The van der Waals surface area contributed by atoms with E-state index in [2.05, 4.69) is 12.2 Å². The lowest BCUT2D eigenvalue weighted by molar-refractivity contribution is 0.0301. The Labute approximate surface area is 97.8 Å². The molecule has 0 radical (unpaired) electrons. The first-order valence-corrected chi connectivity index (χ1v) is 5.84. The Bertz CT molecular complexity index is 146. The van der Waals surface area contributed by atoms with Gasteiger partial charge < -0.3 is 25.0 Å². The standard InChI is InChI=1S/C11H25NO4/c1-3-4-5-16-9-11(14)7-12-6-10(13)8-15-2/h10-14H,3-9H2,1-2H3.